The number of nitrogens with one attached hydrogen (secondary N) is 2. The highest BCUT2D eigenvalue weighted by Crippen LogP contribution is 2.33. The molecule has 0 aromatic rings. The van der Waals surface area contributed by atoms with Crippen LogP contribution in [0, 0.1) is 0 Å². The number of carbonyl (C=O) groups is 1. The average molecular weight is 168 g/mol. The topological polar surface area (TPSA) is 41.1 Å². The lowest BCUT2D eigenvalue weighted by Crippen LogP contribution is -2.52. The van der Waals surface area contributed by atoms with Crippen LogP contribution in [0.2, 0.25) is 0 Å². The highest BCUT2D eigenvalue weighted by Gasteiger charge is 2.55. The molecule has 1 atom stereocenters. The first-order valence-electron chi connectivity index (χ1n) is 2.98. The van der Waals surface area contributed by atoms with E-state index in [4.69, 9.17) is 0 Å². The van der Waals surface area contributed by atoms with Crippen LogP contribution in [0.1, 0.15) is 13.3 Å². The Balaban J connectivity index is 2.77. The van der Waals surface area contributed by atoms with Gasteiger partial charge in [0.05, 0.1) is 6.42 Å². The molecule has 0 saturated carbocycles. The lowest BCUT2D eigenvalue weighted by Gasteiger charge is -2.24. The van der Waals surface area contributed by atoms with Crippen LogP contribution in [0.5, 0.6) is 0 Å². The Morgan fingerprint density at radius 1 is 1.55 bits per heavy atom. The quantitative estimate of drug-likeness (QED) is 0.547. The van der Waals surface area contributed by atoms with E-state index >= 15 is 0 Å². The number of rotatable bonds is 0. The normalized spacial score (nSPS) is 32.2. The molecule has 1 rings (SSSR count). The molecular formula is C5H7F3N2O. The molecule has 0 unspecified atom stereocenters. The third-order valence-corrected chi connectivity index (χ3v) is 1.62. The second kappa shape index (κ2) is 2.10. The molecule has 0 aromatic carbocycles. The molecule has 0 spiro atoms. The van der Waals surface area contributed by atoms with Crippen molar-refractivity contribution in [3.8, 4) is 0 Å². The fourth-order valence-corrected chi connectivity index (χ4v) is 0.788. The van der Waals surface area contributed by atoms with Gasteiger partial charge in [-0.2, -0.15) is 13.2 Å². The summed E-state index contributed by atoms with van der Waals surface area (Å²) in [6, 6.07) is 0. The zero-order chi connectivity index (χ0) is 8.70. The first-order valence-corrected chi connectivity index (χ1v) is 2.98. The summed E-state index contributed by atoms with van der Waals surface area (Å²) in [6.07, 6.45) is -4.96. The molecule has 0 aliphatic carbocycles. The van der Waals surface area contributed by atoms with E-state index in [0.29, 0.717) is 0 Å². The summed E-state index contributed by atoms with van der Waals surface area (Å²) >= 11 is 0. The van der Waals surface area contributed by atoms with Gasteiger partial charge in [-0.25, -0.2) is 5.43 Å². The summed E-state index contributed by atoms with van der Waals surface area (Å²) in [5.41, 5.74) is 1.70. The molecular weight excluding hydrogens is 161 g/mol. The summed E-state index contributed by atoms with van der Waals surface area (Å²) in [6.45, 7) is 0.935. The van der Waals surface area contributed by atoms with Crippen molar-refractivity contribution in [2.75, 3.05) is 0 Å². The summed E-state index contributed by atoms with van der Waals surface area (Å²) in [5.74, 6) is -0.634. The van der Waals surface area contributed by atoms with Gasteiger partial charge in [-0.15, -0.1) is 0 Å². The van der Waals surface area contributed by atoms with Crippen molar-refractivity contribution in [1.82, 2.24) is 10.9 Å². The van der Waals surface area contributed by atoms with Gasteiger partial charge in [0.1, 0.15) is 5.54 Å². The van der Waals surface area contributed by atoms with E-state index in [0.717, 1.165) is 6.92 Å². The van der Waals surface area contributed by atoms with Gasteiger partial charge < -0.3 is 0 Å². The summed E-state index contributed by atoms with van der Waals surface area (Å²) in [5, 5.41) is 0. The maximum atomic E-state index is 12.1. The van der Waals surface area contributed by atoms with Crippen molar-refractivity contribution in [2.45, 2.75) is 25.1 Å². The number of carbonyl (C=O) groups excluding carboxylic acids is 1. The molecule has 1 aliphatic heterocycles. The Morgan fingerprint density at radius 3 is 2.27 bits per heavy atom. The van der Waals surface area contributed by atoms with Gasteiger partial charge in [0.25, 0.3) is 0 Å². The van der Waals surface area contributed by atoms with Crippen LogP contribution in [-0.4, -0.2) is 17.6 Å². The average Bonchev–Trinajstić information content (AvgIpc) is 2.10. The van der Waals surface area contributed by atoms with Gasteiger partial charge in [-0.05, 0) is 6.92 Å². The van der Waals surface area contributed by atoms with Crippen molar-refractivity contribution < 1.29 is 18.0 Å². The Hall–Kier alpha value is -0.780. The number of hydrazine groups is 1. The molecule has 6 heteroatoms. The number of alkyl halides is 3. The van der Waals surface area contributed by atoms with E-state index in [2.05, 4.69) is 0 Å². The van der Waals surface area contributed by atoms with Crippen LogP contribution in [0.3, 0.4) is 0 Å². The minimum Gasteiger partial charge on any atom is -0.291 e. The van der Waals surface area contributed by atoms with Gasteiger partial charge >= 0.3 is 6.18 Å². The summed E-state index contributed by atoms with van der Waals surface area (Å²) in [7, 11) is 0. The zero-order valence-corrected chi connectivity index (χ0v) is 5.75. The molecule has 1 amide bonds. The molecule has 0 bridgehead atoms. The predicted octanol–water partition coefficient (Wildman–Crippen LogP) is 0.332. The molecule has 0 radical (unpaired) electrons. The van der Waals surface area contributed by atoms with E-state index in [1.807, 2.05) is 10.9 Å². The lowest BCUT2D eigenvalue weighted by molar-refractivity contribution is -0.188. The summed E-state index contributed by atoms with van der Waals surface area (Å²) < 4.78 is 36.2. The Labute approximate surface area is 60.9 Å². The maximum Gasteiger partial charge on any atom is 0.408 e. The molecule has 2 N–H and O–H groups in total. The standard InChI is InChI=1S/C5H7F3N2O/c1-4(5(6,7)8)2-3(11)9-10-4/h10H,2H2,1H3,(H,9,11)/t4-/m0/s1. The van der Waals surface area contributed by atoms with Crippen LogP contribution in [0.4, 0.5) is 13.2 Å². The van der Waals surface area contributed by atoms with Crippen LogP contribution < -0.4 is 10.9 Å². The Kier molecular flexibility index (Phi) is 1.59. The predicted molar refractivity (Wildman–Crippen MR) is 30.4 cm³/mol. The molecule has 1 aliphatic rings. The Bertz CT molecular complexity index is 191. The van der Waals surface area contributed by atoms with Gasteiger partial charge in [-0.1, -0.05) is 0 Å². The fourth-order valence-electron chi connectivity index (χ4n) is 0.788. The SMILES string of the molecule is C[C@@]1(C(F)(F)F)CC(=O)NN1. The van der Waals surface area contributed by atoms with Gasteiger partial charge in [0, 0.05) is 0 Å². The van der Waals surface area contributed by atoms with Gasteiger partial charge in [0.15, 0.2) is 0 Å². The van der Waals surface area contributed by atoms with E-state index in [1.54, 1.807) is 0 Å². The third-order valence-electron chi connectivity index (χ3n) is 1.62. The largest absolute Gasteiger partial charge is 0.408 e. The van der Waals surface area contributed by atoms with Crippen molar-refractivity contribution in [1.29, 1.82) is 0 Å². The first kappa shape index (κ1) is 8.32. The fraction of sp³-hybridized carbons (Fsp3) is 0.800. The lowest BCUT2D eigenvalue weighted by atomic mass is 10.00. The highest BCUT2D eigenvalue weighted by atomic mass is 19.4. The van der Waals surface area contributed by atoms with E-state index in [-0.39, 0.29) is 0 Å². The number of halogens is 3. The first-order chi connectivity index (χ1) is 4.85. The molecule has 1 saturated heterocycles. The van der Waals surface area contributed by atoms with Gasteiger partial charge in [0.2, 0.25) is 5.91 Å². The third kappa shape index (κ3) is 1.30. The second-order valence-corrected chi connectivity index (χ2v) is 2.68. The molecule has 0 aromatic heterocycles. The number of amides is 1. The van der Waals surface area contributed by atoms with Crippen LogP contribution in [-0.2, 0) is 4.79 Å². The minimum atomic E-state index is -4.40. The monoisotopic (exact) mass is 168 g/mol. The molecule has 1 fully saturated rings. The summed E-state index contributed by atoms with van der Waals surface area (Å²) in [4.78, 5) is 10.4. The van der Waals surface area contributed by atoms with Crippen molar-refractivity contribution in [3.05, 3.63) is 0 Å². The molecule has 64 valence electrons. The Morgan fingerprint density at radius 2 is 2.09 bits per heavy atom. The van der Waals surface area contributed by atoms with Crippen LogP contribution in [0.15, 0.2) is 0 Å². The molecule has 1 heterocycles. The van der Waals surface area contributed by atoms with Gasteiger partial charge in [-0.3, -0.25) is 10.2 Å². The van der Waals surface area contributed by atoms with Crippen LogP contribution >= 0.6 is 0 Å². The second-order valence-electron chi connectivity index (χ2n) is 2.68. The van der Waals surface area contributed by atoms with Crippen molar-refractivity contribution in [2.24, 2.45) is 0 Å². The van der Waals surface area contributed by atoms with Crippen molar-refractivity contribution >= 4 is 5.91 Å². The van der Waals surface area contributed by atoms with E-state index in [1.165, 1.54) is 0 Å². The van der Waals surface area contributed by atoms with Crippen LogP contribution in [0.25, 0.3) is 0 Å². The zero-order valence-electron chi connectivity index (χ0n) is 5.75. The van der Waals surface area contributed by atoms with E-state index in [9.17, 15) is 18.0 Å². The maximum absolute atomic E-state index is 12.1. The highest BCUT2D eigenvalue weighted by molar-refractivity contribution is 5.79. The smallest absolute Gasteiger partial charge is 0.291 e. The number of hydrogen-bond acceptors (Lipinski definition) is 2. The van der Waals surface area contributed by atoms with E-state index < -0.39 is 24.0 Å². The molecule has 11 heavy (non-hydrogen) atoms. The molecule has 3 nitrogen and oxygen atoms in total. The van der Waals surface area contributed by atoms with Crippen molar-refractivity contribution in [3.63, 3.8) is 0 Å². The minimum absolute atomic E-state index is 0.559. The number of hydrogen-bond donors (Lipinski definition) is 2.